The first-order chi connectivity index (χ1) is 10.1. The van der Waals surface area contributed by atoms with E-state index in [0.29, 0.717) is 10.8 Å². The number of hydrogen-bond acceptors (Lipinski definition) is 7. The van der Waals surface area contributed by atoms with E-state index in [4.69, 9.17) is 0 Å². The second-order valence-electron chi connectivity index (χ2n) is 3.91. The van der Waals surface area contributed by atoms with Crippen molar-refractivity contribution in [1.82, 2.24) is 31.1 Å². The highest BCUT2D eigenvalue weighted by molar-refractivity contribution is 7.99. The molecule has 3 N–H and O–H groups in total. The second kappa shape index (κ2) is 6.70. The van der Waals surface area contributed by atoms with Crippen molar-refractivity contribution in [3.63, 3.8) is 0 Å². The van der Waals surface area contributed by atoms with Crippen LogP contribution in [0.15, 0.2) is 29.4 Å². The zero-order chi connectivity index (χ0) is 15.2. The summed E-state index contributed by atoms with van der Waals surface area (Å²) < 4.78 is 1.44. The first kappa shape index (κ1) is 14.8. The maximum atomic E-state index is 11.5. The number of thioether (sulfide) groups is 1. The fourth-order valence-corrected chi connectivity index (χ4v) is 2.04. The lowest BCUT2D eigenvalue weighted by Crippen LogP contribution is -2.41. The molecule has 110 valence electrons. The molecular formula is C11H12N6O3S. The van der Waals surface area contributed by atoms with Gasteiger partial charge < -0.3 is 5.11 Å². The largest absolute Gasteiger partial charge is 0.508 e. The summed E-state index contributed by atoms with van der Waals surface area (Å²) in [5.74, 6) is -0.563. The molecule has 0 saturated carbocycles. The summed E-state index contributed by atoms with van der Waals surface area (Å²) in [7, 11) is 0. The third-order valence-electron chi connectivity index (χ3n) is 2.25. The molecule has 2 amide bonds. The van der Waals surface area contributed by atoms with Gasteiger partial charge in [0.25, 0.3) is 0 Å². The molecule has 0 aliphatic heterocycles. The van der Waals surface area contributed by atoms with Gasteiger partial charge >= 0.3 is 0 Å². The van der Waals surface area contributed by atoms with Gasteiger partial charge in [-0.05, 0) is 34.7 Å². The average molecular weight is 308 g/mol. The number of hydrazine groups is 1. The molecule has 21 heavy (non-hydrogen) atoms. The number of carbonyl (C=O) groups is 2. The van der Waals surface area contributed by atoms with E-state index in [1.54, 1.807) is 12.1 Å². The Bertz CT molecular complexity index is 642. The second-order valence-corrected chi connectivity index (χ2v) is 4.85. The van der Waals surface area contributed by atoms with Crippen molar-refractivity contribution in [2.24, 2.45) is 0 Å². The van der Waals surface area contributed by atoms with Gasteiger partial charge in [0.05, 0.1) is 11.4 Å². The van der Waals surface area contributed by atoms with Gasteiger partial charge in [-0.2, -0.15) is 4.68 Å². The van der Waals surface area contributed by atoms with Gasteiger partial charge in [-0.15, -0.1) is 5.10 Å². The highest BCUT2D eigenvalue weighted by atomic mass is 32.2. The van der Waals surface area contributed by atoms with Gasteiger partial charge in [0.2, 0.25) is 17.0 Å². The highest BCUT2D eigenvalue weighted by Crippen LogP contribution is 2.19. The fraction of sp³-hybridized carbons (Fsp3) is 0.182. The van der Waals surface area contributed by atoms with Crippen LogP contribution in [0.2, 0.25) is 0 Å². The molecule has 10 heteroatoms. The van der Waals surface area contributed by atoms with E-state index < -0.39 is 0 Å². The Hall–Kier alpha value is -2.62. The van der Waals surface area contributed by atoms with E-state index >= 15 is 0 Å². The van der Waals surface area contributed by atoms with Crippen molar-refractivity contribution in [3.05, 3.63) is 24.3 Å². The number of hydrogen-bond donors (Lipinski definition) is 3. The van der Waals surface area contributed by atoms with Crippen LogP contribution >= 0.6 is 11.8 Å². The molecule has 0 atom stereocenters. The van der Waals surface area contributed by atoms with E-state index in [9.17, 15) is 14.7 Å². The number of nitrogens with one attached hydrogen (secondary N) is 2. The van der Waals surface area contributed by atoms with E-state index in [1.807, 2.05) is 0 Å². The first-order valence-electron chi connectivity index (χ1n) is 5.82. The van der Waals surface area contributed by atoms with Crippen LogP contribution in [0.3, 0.4) is 0 Å². The number of aromatic nitrogens is 4. The molecule has 9 nitrogen and oxygen atoms in total. The zero-order valence-corrected chi connectivity index (χ0v) is 11.8. The van der Waals surface area contributed by atoms with E-state index in [0.717, 1.165) is 11.8 Å². The van der Waals surface area contributed by atoms with Crippen molar-refractivity contribution in [2.75, 3.05) is 5.75 Å². The molecule has 0 radical (unpaired) electrons. The average Bonchev–Trinajstić information content (AvgIpc) is 2.92. The quantitative estimate of drug-likeness (QED) is 0.520. The van der Waals surface area contributed by atoms with Crippen molar-refractivity contribution < 1.29 is 14.7 Å². The first-order valence-corrected chi connectivity index (χ1v) is 6.81. The molecule has 1 aromatic carbocycles. The third-order valence-corrected chi connectivity index (χ3v) is 3.16. The van der Waals surface area contributed by atoms with Gasteiger partial charge in [0, 0.05) is 6.92 Å². The van der Waals surface area contributed by atoms with Crippen LogP contribution in [0.4, 0.5) is 0 Å². The Kier molecular flexibility index (Phi) is 4.72. The van der Waals surface area contributed by atoms with E-state index in [2.05, 4.69) is 26.4 Å². The number of rotatable bonds is 4. The van der Waals surface area contributed by atoms with Crippen molar-refractivity contribution in [1.29, 1.82) is 0 Å². The number of nitrogens with zero attached hydrogens (tertiary/aromatic N) is 4. The molecule has 0 aliphatic rings. The molecule has 2 aromatic rings. The summed E-state index contributed by atoms with van der Waals surface area (Å²) in [6, 6.07) is 6.31. The SMILES string of the molecule is CC(=O)NNC(=O)CSc1nnnn1-c1ccc(O)cc1. The predicted molar refractivity (Wildman–Crippen MR) is 73.5 cm³/mol. The Balaban J connectivity index is 1.99. The van der Waals surface area contributed by atoms with Gasteiger partial charge in [-0.25, -0.2) is 0 Å². The number of carbonyl (C=O) groups excluding carboxylic acids is 2. The van der Waals surface area contributed by atoms with Gasteiger partial charge in [-0.1, -0.05) is 11.8 Å². The summed E-state index contributed by atoms with van der Waals surface area (Å²) >= 11 is 1.11. The summed E-state index contributed by atoms with van der Waals surface area (Å²) in [6.07, 6.45) is 0. The van der Waals surface area contributed by atoms with Crippen LogP contribution in [0.1, 0.15) is 6.92 Å². The highest BCUT2D eigenvalue weighted by Gasteiger charge is 2.11. The number of phenols is 1. The lowest BCUT2D eigenvalue weighted by atomic mass is 10.3. The minimum absolute atomic E-state index is 0.0404. The van der Waals surface area contributed by atoms with Crippen LogP contribution in [0.25, 0.3) is 5.69 Å². The molecule has 1 heterocycles. The Morgan fingerprint density at radius 1 is 1.29 bits per heavy atom. The van der Waals surface area contributed by atoms with Crippen molar-refractivity contribution in [2.45, 2.75) is 12.1 Å². The number of aromatic hydroxyl groups is 1. The lowest BCUT2D eigenvalue weighted by molar-refractivity contribution is -0.126. The van der Waals surface area contributed by atoms with Gasteiger partial charge in [-0.3, -0.25) is 20.4 Å². The summed E-state index contributed by atoms with van der Waals surface area (Å²) in [6.45, 7) is 1.29. The van der Waals surface area contributed by atoms with Crippen LogP contribution in [-0.4, -0.2) is 42.9 Å². The summed E-state index contributed by atoms with van der Waals surface area (Å²) in [5, 5.41) is 20.9. The Labute approximate surface area is 123 Å². The molecule has 0 spiro atoms. The molecule has 0 aliphatic carbocycles. The smallest absolute Gasteiger partial charge is 0.248 e. The number of amides is 2. The Morgan fingerprint density at radius 3 is 2.67 bits per heavy atom. The van der Waals surface area contributed by atoms with Crippen molar-refractivity contribution in [3.8, 4) is 11.4 Å². The van der Waals surface area contributed by atoms with Crippen LogP contribution in [0.5, 0.6) is 5.75 Å². The number of phenolic OH excluding ortho intramolecular Hbond substituents is 1. The maximum Gasteiger partial charge on any atom is 0.248 e. The zero-order valence-electron chi connectivity index (χ0n) is 11.0. The standard InChI is InChI=1S/C11H12N6O3S/c1-7(18)12-13-10(20)6-21-11-14-15-16-17(11)8-2-4-9(19)5-3-8/h2-5,19H,6H2,1H3,(H,12,18)(H,13,20). The normalized spacial score (nSPS) is 10.1. The Morgan fingerprint density at radius 2 is 2.00 bits per heavy atom. The van der Waals surface area contributed by atoms with Crippen molar-refractivity contribution >= 4 is 23.6 Å². The molecule has 0 unspecified atom stereocenters. The van der Waals surface area contributed by atoms with Gasteiger partial charge in [0.1, 0.15) is 5.75 Å². The van der Waals surface area contributed by atoms with E-state index in [-0.39, 0.29) is 23.3 Å². The summed E-state index contributed by atoms with van der Waals surface area (Å²) in [5.41, 5.74) is 5.09. The van der Waals surface area contributed by atoms with E-state index in [1.165, 1.54) is 23.7 Å². The molecular weight excluding hydrogens is 296 g/mol. The molecule has 0 saturated heterocycles. The van der Waals surface area contributed by atoms with Crippen LogP contribution in [0, 0.1) is 0 Å². The maximum absolute atomic E-state index is 11.5. The molecule has 1 aromatic heterocycles. The fourth-order valence-electron chi connectivity index (χ4n) is 1.35. The van der Waals surface area contributed by atoms with Gasteiger partial charge in [0.15, 0.2) is 0 Å². The molecule has 0 fully saturated rings. The molecule has 0 bridgehead atoms. The topological polar surface area (TPSA) is 122 Å². The lowest BCUT2D eigenvalue weighted by Gasteiger charge is -2.05. The minimum atomic E-state index is -0.379. The summed E-state index contributed by atoms with van der Waals surface area (Å²) in [4.78, 5) is 22.1. The number of tetrazole rings is 1. The minimum Gasteiger partial charge on any atom is -0.508 e. The number of benzene rings is 1. The third kappa shape index (κ3) is 4.18. The van der Waals surface area contributed by atoms with Crippen LogP contribution in [-0.2, 0) is 9.59 Å². The predicted octanol–water partition coefficient (Wildman–Crippen LogP) is -0.373. The van der Waals surface area contributed by atoms with Crippen LogP contribution < -0.4 is 10.9 Å². The molecule has 2 rings (SSSR count). The monoisotopic (exact) mass is 308 g/mol.